The number of amides is 3. The molecule has 1 aliphatic rings. The fourth-order valence-corrected chi connectivity index (χ4v) is 5.56. The lowest BCUT2D eigenvalue weighted by molar-refractivity contribution is -0.119. The number of para-hydroxylation sites is 1. The zero-order valence-corrected chi connectivity index (χ0v) is 25.2. The van der Waals surface area contributed by atoms with Gasteiger partial charge in [0.15, 0.2) is 5.82 Å². The summed E-state index contributed by atoms with van der Waals surface area (Å²) in [5, 5.41) is 7.34. The van der Waals surface area contributed by atoms with Gasteiger partial charge in [-0.05, 0) is 75.4 Å². The van der Waals surface area contributed by atoms with Gasteiger partial charge in [0.05, 0.1) is 0 Å². The van der Waals surface area contributed by atoms with Gasteiger partial charge in [-0.25, -0.2) is 9.50 Å². The Hall–Kier alpha value is -5.03. The minimum Gasteiger partial charge on any atom is -0.382 e. The highest BCUT2D eigenvalue weighted by Crippen LogP contribution is 2.38. The van der Waals surface area contributed by atoms with E-state index >= 15 is 0 Å². The predicted molar refractivity (Wildman–Crippen MR) is 172 cm³/mol. The summed E-state index contributed by atoms with van der Waals surface area (Å²) in [5.74, 6) is -0.489. The van der Waals surface area contributed by atoms with Crippen molar-refractivity contribution in [2.45, 2.75) is 57.5 Å². The number of nitrogens with two attached hydrogens (primary N) is 2. The van der Waals surface area contributed by atoms with Crippen molar-refractivity contribution in [2.24, 2.45) is 5.73 Å². The van der Waals surface area contributed by atoms with Crippen molar-refractivity contribution in [3.05, 3.63) is 84.5 Å². The van der Waals surface area contributed by atoms with Crippen LogP contribution in [0.3, 0.4) is 0 Å². The minimum atomic E-state index is -0.636. The predicted octanol–water partition coefficient (Wildman–Crippen LogP) is 4.32. The van der Waals surface area contributed by atoms with E-state index in [2.05, 4.69) is 21.5 Å². The molecule has 5 rings (SSSR count). The molecule has 0 aliphatic heterocycles. The SMILES string of the molecule is CC(C)N(C=O)/C=C(/C(=O)Nc1ccc(-c2cc(C3CCC(N)CC3)n3ncnc(N)c23)cc1)C(=O)N(C)c1ccccc1. The van der Waals surface area contributed by atoms with Gasteiger partial charge in [-0.15, -0.1) is 0 Å². The molecule has 0 bridgehead atoms. The standard InChI is InChI=1S/C33H38N8O3/c1-21(2)40(20-42)18-28(33(44)39(3)26-7-5-4-6-8-26)32(43)38-25-15-11-22(12-16-25)27-17-29(23-9-13-24(34)14-10-23)41-30(27)31(35)36-19-37-41/h4-8,11-12,15-21,23-24H,9-10,13-14,34H2,1-3H3,(H,38,43)(H2,35,36,37)/b28-18-. The van der Waals surface area contributed by atoms with E-state index in [1.165, 1.54) is 22.3 Å². The van der Waals surface area contributed by atoms with Gasteiger partial charge in [0.2, 0.25) is 6.41 Å². The van der Waals surface area contributed by atoms with E-state index in [9.17, 15) is 14.4 Å². The third-order valence-corrected chi connectivity index (χ3v) is 8.17. The number of fused-ring (bicyclic) bond motifs is 1. The zero-order valence-electron chi connectivity index (χ0n) is 25.2. The number of carbonyl (C=O) groups is 3. The van der Waals surface area contributed by atoms with Gasteiger partial charge in [0, 0.05) is 53.9 Å². The number of likely N-dealkylation sites (N-methyl/N-ethyl adjacent to an activating group) is 1. The molecule has 44 heavy (non-hydrogen) atoms. The van der Waals surface area contributed by atoms with Gasteiger partial charge in [0.25, 0.3) is 11.8 Å². The van der Waals surface area contributed by atoms with Gasteiger partial charge in [-0.3, -0.25) is 14.4 Å². The topological polar surface area (TPSA) is 152 Å². The van der Waals surface area contributed by atoms with Gasteiger partial charge in [0.1, 0.15) is 17.4 Å². The van der Waals surface area contributed by atoms with Crippen LogP contribution in [0.5, 0.6) is 0 Å². The maximum Gasteiger partial charge on any atom is 0.265 e. The molecule has 0 spiro atoms. The zero-order chi connectivity index (χ0) is 31.4. The van der Waals surface area contributed by atoms with E-state index in [0.717, 1.165) is 48.0 Å². The van der Waals surface area contributed by atoms with Crippen molar-refractivity contribution in [3.63, 3.8) is 0 Å². The lowest BCUT2D eigenvalue weighted by Crippen LogP contribution is -2.35. The van der Waals surface area contributed by atoms with Crippen molar-refractivity contribution in [1.29, 1.82) is 0 Å². The van der Waals surface area contributed by atoms with E-state index in [1.54, 1.807) is 57.3 Å². The lowest BCUT2D eigenvalue weighted by atomic mass is 9.84. The maximum absolute atomic E-state index is 13.5. The number of aromatic nitrogens is 3. The van der Waals surface area contributed by atoms with E-state index in [1.807, 2.05) is 22.7 Å². The molecule has 11 nitrogen and oxygen atoms in total. The van der Waals surface area contributed by atoms with Crippen LogP contribution >= 0.6 is 0 Å². The van der Waals surface area contributed by atoms with Gasteiger partial charge in [-0.2, -0.15) is 5.10 Å². The second-order valence-electron chi connectivity index (χ2n) is 11.4. The molecule has 11 heteroatoms. The number of rotatable bonds is 9. The van der Waals surface area contributed by atoms with Crippen molar-refractivity contribution >= 4 is 40.9 Å². The molecule has 2 aromatic heterocycles. The fourth-order valence-electron chi connectivity index (χ4n) is 5.56. The summed E-state index contributed by atoms with van der Waals surface area (Å²) in [6.07, 6.45) is 7.24. The average Bonchev–Trinajstić information content (AvgIpc) is 3.43. The largest absolute Gasteiger partial charge is 0.382 e. The van der Waals surface area contributed by atoms with Crippen molar-refractivity contribution < 1.29 is 14.4 Å². The molecule has 1 fully saturated rings. The maximum atomic E-state index is 13.5. The van der Waals surface area contributed by atoms with Crippen molar-refractivity contribution in [1.82, 2.24) is 19.5 Å². The van der Waals surface area contributed by atoms with Crippen LogP contribution in [0.25, 0.3) is 16.6 Å². The summed E-state index contributed by atoms with van der Waals surface area (Å²) >= 11 is 0. The Kier molecular flexibility index (Phi) is 9.05. The van der Waals surface area contributed by atoms with E-state index in [4.69, 9.17) is 11.5 Å². The summed E-state index contributed by atoms with van der Waals surface area (Å²) < 4.78 is 1.88. The van der Waals surface area contributed by atoms with Crippen LogP contribution in [0.15, 0.2) is 78.8 Å². The third-order valence-electron chi connectivity index (χ3n) is 8.17. The molecule has 0 atom stereocenters. The van der Waals surface area contributed by atoms with Crippen LogP contribution in [-0.4, -0.2) is 56.9 Å². The summed E-state index contributed by atoms with van der Waals surface area (Å²) in [5.41, 5.74) is 17.0. The third kappa shape index (κ3) is 6.32. The highest BCUT2D eigenvalue weighted by molar-refractivity contribution is 6.26. The van der Waals surface area contributed by atoms with Crippen LogP contribution in [0.4, 0.5) is 17.2 Å². The molecule has 0 radical (unpaired) electrons. The first-order valence-electron chi connectivity index (χ1n) is 14.7. The Morgan fingerprint density at radius 1 is 1.05 bits per heavy atom. The van der Waals surface area contributed by atoms with E-state index in [-0.39, 0.29) is 17.7 Å². The highest BCUT2D eigenvalue weighted by atomic mass is 16.2. The molecule has 0 unspecified atom stereocenters. The second-order valence-corrected chi connectivity index (χ2v) is 11.4. The van der Waals surface area contributed by atoms with Crippen LogP contribution in [0.1, 0.15) is 51.1 Å². The fraction of sp³-hybridized carbons (Fsp3) is 0.303. The molecule has 3 amide bonds. The molecular formula is C33H38N8O3. The van der Waals surface area contributed by atoms with Crippen molar-refractivity contribution in [2.75, 3.05) is 23.0 Å². The first-order chi connectivity index (χ1) is 21.2. The minimum absolute atomic E-state index is 0.179. The van der Waals surface area contributed by atoms with Crippen molar-refractivity contribution in [3.8, 4) is 11.1 Å². The average molecular weight is 595 g/mol. The number of benzene rings is 2. The summed E-state index contributed by atoms with van der Waals surface area (Å²) in [6, 6.07) is 18.4. The molecule has 4 aromatic rings. The lowest BCUT2D eigenvalue weighted by Gasteiger charge is -2.25. The van der Waals surface area contributed by atoms with E-state index in [0.29, 0.717) is 29.5 Å². The first kappa shape index (κ1) is 30.4. The number of anilines is 3. The number of nitrogen functional groups attached to an aromatic ring is 1. The van der Waals surface area contributed by atoms with Crippen LogP contribution in [-0.2, 0) is 14.4 Å². The number of hydrogen-bond donors (Lipinski definition) is 3. The van der Waals surface area contributed by atoms with Crippen LogP contribution in [0.2, 0.25) is 0 Å². The first-order valence-corrected chi connectivity index (χ1v) is 14.7. The van der Waals surface area contributed by atoms with Gasteiger partial charge >= 0.3 is 0 Å². The molecule has 1 saturated carbocycles. The second kappa shape index (κ2) is 13.1. The molecule has 228 valence electrons. The highest BCUT2D eigenvalue weighted by Gasteiger charge is 2.27. The Morgan fingerprint density at radius 3 is 2.36 bits per heavy atom. The number of nitrogens with one attached hydrogen (secondary N) is 1. The smallest absolute Gasteiger partial charge is 0.265 e. The van der Waals surface area contributed by atoms with Gasteiger partial charge in [-0.1, -0.05) is 30.3 Å². The summed E-state index contributed by atoms with van der Waals surface area (Å²) in [6.45, 7) is 3.59. The Balaban J connectivity index is 1.43. The molecule has 1 aliphatic carbocycles. The number of hydrogen-bond acceptors (Lipinski definition) is 7. The molecule has 0 saturated heterocycles. The number of nitrogens with zero attached hydrogens (tertiary/aromatic N) is 5. The van der Waals surface area contributed by atoms with Gasteiger partial charge < -0.3 is 26.6 Å². The number of carbonyl (C=O) groups excluding carboxylic acids is 3. The quantitative estimate of drug-likeness (QED) is 0.113. The normalized spacial score (nSPS) is 17.0. The van der Waals surface area contributed by atoms with Crippen LogP contribution < -0.4 is 21.7 Å². The molecule has 2 heterocycles. The van der Waals surface area contributed by atoms with E-state index < -0.39 is 11.8 Å². The Labute approximate surface area is 256 Å². The molecular weight excluding hydrogens is 556 g/mol. The Morgan fingerprint density at radius 2 is 1.73 bits per heavy atom. The summed E-state index contributed by atoms with van der Waals surface area (Å²) in [4.78, 5) is 45.7. The molecule has 2 aromatic carbocycles. The molecule has 5 N–H and O–H groups in total. The summed E-state index contributed by atoms with van der Waals surface area (Å²) in [7, 11) is 1.59. The monoisotopic (exact) mass is 594 g/mol. The van der Waals surface area contributed by atoms with Crippen LogP contribution in [0, 0.1) is 0 Å². The Bertz CT molecular complexity index is 1670.